The number of halogens is 1. The van der Waals surface area contributed by atoms with Crippen molar-refractivity contribution in [3.05, 3.63) is 47.5 Å². The van der Waals surface area contributed by atoms with E-state index in [0.29, 0.717) is 73.2 Å². The summed E-state index contributed by atoms with van der Waals surface area (Å²) >= 11 is 0. The quantitative estimate of drug-likeness (QED) is 0.383. The molecule has 0 saturated carbocycles. The molecule has 194 valence electrons. The van der Waals surface area contributed by atoms with Crippen LogP contribution in [0.1, 0.15) is 11.3 Å². The van der Waals surface area contributed by atoms with Crippen LogP contribution in [0.3, 0.4) is 0 Å². The van der Waals surface area contributed by atoms with E-state index >= 15 is 0 Å². The first-order chi connectivity index (χ1) is 17.9. The maximum atomic E-state index is 14.7. The van der Waals surface area contributed by atoms with Gasteiger partial charge in [-0.05, 0) is 30.5 Å². The second kappa shape index (κ2) is 10.6. The Morgan fingerprint density at radius 2 is 2.16 bits per heavy atom. The fourth-order valence-corrected chi connectivity index (χ4v) is 4.86. The van der Waals surface area contributed by atoms with Crippen LogP contribution in [-0.4, -0.2) is 71.6 Å². The zero-order valence-electron chi connectivity index (χ0n) is 20.4. The van der Waals surface area contributed by atoms with Crippen molar-refractivity contribution in [3.8, 4) is 11.6 Å². The summed E-state index contributed by atoms with van der Waals surface area (Å²) in [5, 5.41) is 6.04. The van der Waals surface area contributed by atoms with Gasteiger partial charge < -0.3 is 30.7 Å². The summed E-state index contributed by atoms with van der Waals surface area (Å²) in [5.74, 6) is -0.00887. The van der Waals surface area contributed by atoms with Gasteiger partial charge in [0.2, 0.25) is 11.8 Å². The smallest absolute Gasteiger partial charge is 0.263 e. The number of amides is 2. The van der Waals surface area contributed by atoms with E-state index in [1.165, 1.54) is 13.3 Å². The molecular formula is C25H28FN7O4. The van der Waals surface area contributed by atoms with Gasteiger partial charge in [-0.2, -0.15) is 0 Å². The normalized spacial score (nSPS) is 19.4. The zero-order valence-corrected chi connectivity index (χ0v) is 20.4. The number of carbonyl (C=O) groups is 2. The number of aromatic nitrogens is 3. The van der Waals surface area contributed by atoms with Crippen molar-refractivity contribution in [2.45, 2.75) is 13.0 Å². The van der Waals surface area contributed by atoms with Gasteiger partial charge >= 0.3 is 0 Å². The molecular weight excluding hydrogens is 481 g/mol. The number of anilines is 1. The van der Waals surface area contributed by atoms with Crippen molar-refractivity contribution in [1.82, 2.24) is 25.2 Å². The molecule has 2 aliphatic rings. The molecule has 5 rings (SSSR count). The van der Waals surface area contributed by atoms with E-state index in [0.717, 1.165) is 5.69 Å². The van der Waals surface area contributed by atoms with Gasteiger partial charge in [0.15, 0.2) is 18.2 Å². The summed E-state index contributed by atoms with van der Waals surface area (Å²) in [6, 6.07) is 7.04. The number of rotatable bonds is 9. The highest BCUT2D eigenvalue weighted by atomic mass is 19.1. The van der Waals surface area contributed by atoms with Gasteiger partial charge in [0.05, 0.1) is 36.0 Å². The number of methoxy groups -OCH3 is 1. The largest absolute Gasteiger partial charge is 0.481 e. The molecule has 37 heavy (non-hydrogen) atoms. The zero-order chi connectivity index (χ0) is 25.9. The lowest BCUT2D eigenvalue weighted by Crippen LogP contribution is -2.35. The van der Waals surface area contributed by atoms with E-state index in [2.05, 4.69) is 30.5 Å². The summed E-state index contributed by atoms with van der Waals surface area (Å²) in [5.41, 5.74) is 7.98. The number of carbonyl (C=O) groups excluding carboxylic acids is 2. The van der Waals surface area contributed by atoms with Crippen molar-refractivity contribution in [2.24, 2.45) is 17.6 Å². The van der Waals surface area contributed by atoms with Crippen LogP contribution in [0.25, 0.3) is 11.0 Å². The van der Waals surface area contributed by atoms with Crippen LogP contribution in [0.2, 0.25) is 0 Å². The van der Waals surface area contributed by atoms with E-state index in [1.807, 2.05) is 6.07 Å². The molecule has 0 spiro atoms. The second-order valence-corrected chi connectivity index (χ2v) is 9.20. The Kier molecular flexibility index (Phi) is 7.10. The Hall–Kier alpha value is -3.90. The lowest BCUT2D eigenvalue weighted by Gasteiger charge is -2.19. The third kappa shape index (κ3) is 5.44. The molecule has 0 aliphatic carbocycles. The Morgan fingerprint density at radius 3 is 2.97 bits per heavy atom. The maximum Gasteiger partial charge on any atom is 0.263 e. The molecule has 2 atom stereocenters. The average molecular weight is 510 g/mol. The van der Waals surface area contributed by atoms with Gasteiger partial charge in [0.1, 0.15) is 5.82 Å². The van der Waals surface area contributed by atoms with Crippen molar-refractivity contribution in [3.63, 3.8) is 0 Å². The highest BCUT2D eigenvalue weighted by Gasteiger charge is 2.36. The molecule has 0 bridgehead atoms. The topological polar surface area (TPSA) is 145 Å². The third-order valence-electron chi connectivity index (χ3n) is 6.75. The molecule has 0 aromatic carbocycles. The standard InChI is InChI=1S/C25H28FN7O4/c1-36-22-5-3-19-23(32-22)16(18(26)10-29-19)6-7-33-11-14(17(12-33)24(27)35)8-28-9-15-2-4-20-25(30-15)31-21(34)13-37-20/h2-5,10,14,17,28H,6-9,11-13H2,1H3,(H2,27,35)(H,30,31,34)/t14-,17+/m0/s1. The first-order valence-electron chi connectivity index (χ1n) is 12.0. The van der Waals surface area contributed by atoms with Gasteiger partial charge in [0, 0.05) is 44.4 Å². The lowest BCUT2D eigenvalue weighted by molar-refractivity contribution is -0.122. The second-order valence-electron chi connectivity index (χ2n) is 9.20. The molecule has 1 fully saturated rings. The Morgan fingerprint density at radius 1 is 1.30 bits per heavy atom. The van der Waals surface area contributed by atoms with Crippen molar-refractivity contribution in [2.75, 3.05) is 45.2 Å². The fourth-order valence-electron chi connectivity index (χ4n) is 4.86. The first kappa shape index (κ1) is 24.8. The van der Waals surface area contributed by atoms with Gasteiger partial charge in [0.25, 0.3) is 5.91 Å². The highest BCUT2D eigenvalue weighted by molar-refractivity contribution is 5.94. The summed E-state index contributed by atoms with van der Waals surface area (Å²) in [4.78, 5) is 38.8. The number of pyridine rings is 3. The maximum absolute atomic E-state index is 14.7. The number of fused-ring (bicyclic) bond motifs is 2. The van der Waals surface area contributed by atoms with Crippen molar-refractivity contribution in [1.29, 1.82) is 0 Å². The summed E-state index contributed by atoms with van der Waals surface area (Å²) in [7, 11) is 1.51. The average Bonchev–Trinajstić information content (AvgIpc) is 3.31. The molecule has 1 saturated heterocycles. The number of nitrogens with zero attached hydrogens (tertiary/aromatic N) is 4. The van der Waals surface area contributed by atoms with Crippen LogP contribution in [-0.2, 0) is 22.6 Å². The number of hydrogen-bond acceptors (Lipinski definition) is 9. The molecule has 0 radical (unpaired) electrons. The van der Waals surface area contributed by atoms with Crippen LogP contribution in [0.4, 0.5) is 10.2 Å². The van der Waals surface area contributed by atoms with Crippen LogP contribution >= 0.6 is 0 Å². The summed E-state index contributed by atoms with van der Waals surface area (Å²) in [6.45, 7) is 2.67. The minimum Gasteiger partial charge on any atom is -0.481 e. The van der Waals surface area contributed by atoms with E-state index in [9.17, 15) is 14.0 Å². The minimum absolute atomic E-state index is 0.00425. The van der Waals surface area contributed by atoms with E-state index in [-0.39, 0.29) is 30.3 Å². The van der Waals surface area contributed by atoms with Crippen molar-refractivity contribution < 1.29 is 23.5 Å². The van der Waals surface area contributed by atoms with Crippen LogP contribution in [0, 0.1) is 17.7 Å². The van der Waals surface area contributed by atoms with Gasteiger partial charge in [-0.3, -0.25) is 14.6 Å². The van der Waals surface area contributed by atoms with Crippen LogP contribution in [0.15, 0.2) is 30.5 Å². The molecule has 2 aliphatic heterocycles. The van der Waals surface area contributed by atoms with Crippen molar-refractivity contribution >= 4 is 28.7 Å². The minimum atomic E-state index is -0.420. The first-order valence-corrected chi connectivity index (χ1v) is 12.0. The molecule has 4 N–H and O–H groups in total. The third-order valence-corrected chi connectivity index (χ3v) is 6.75. The molecule has 11 nitrogen and oxygen atoms in total. The Bertz CT molecular complexity index is 1340. The molecule has 3 aromatic rings. The monoisotopic (exact) mass is 509 g/mol. The molecule has 0 unspecified atom stereocenters. The molecule has 12 heteroatoms. The Balaban J connectivity index is 1.20. The number of likely N-dealkylation sites (tertiary alicyclic amines) is 1. The number of nitrogens with two attached hydrogens (primary N) is 1. The van der Waals surface area contributed by atoms with E-state index in [1.54, 1.807) is 18.2 Å². The lowest BCUT2D eigenvalue weighted by atomic mass is 9.95. The van der Waals surface area contributed by atoms with Gasteiger partial charge in [-0.25, -0.2) is 14.4 Å². The number of primary amides is 1. The van der Waals surface area contributed by atoms with Crippen LogP contribution < -0.4 is 25.8 Å². The van der Waals surface area contributed by atoms with E-state index < -0.39 is 5.82 Å². The summed E-state index contributed by atoms with van der Waals surface area (Å²) in [6.07, 6.45) is 1.62. The van der Waals surface area contributed by atoms with E-state index in [4.69, 9.17) is 15.2 Å². The SMILES string of the molecule is COc1ccc2ncc(F)c(CCN3C[C@H](CNCc4ccc5c(n4)NC(=O)CO5)[C@H](C(N)=O)C3)c2n1. The highest BCUT2D eigenvalue weighted by Crippen LogP contribution is 2.27. The summed E-state index contributed by atoms with van der Waals surface area (Å²) < 4.78 is 25.2. The number of hydrogen-bond donors (Lipinski definition) is 3. The Labute approximate surface area is 212 Å². The molecule has 2 amide bonds. The predicted molar refractivity (Wildman–Crippen MR) is 132 cm³/mol. The number of ether oxygens (including phenoxy) is 2. The van der Waals surface area contributed by atoms with Gasteiger partial charge in [-0.15, -0.1) is 0 Å². The predicted octanol–water partition coefficient (Wildman–Crippen LogP) is 0.869. The molecule has 5 heterocycles. The fraction of sp³-hybridized carbons (Fsp3) is 0.400. The van der Waals surface area contributed by atoms with Crippen LogP contribution in [0.5, 0.6) is 11.6 Å². The van der Waals surface area contributed by atoms with Gasteiger partial charge in [-0.1, -0.05) is 0 Å². The number of nitrogens with one attached hydrogen (secondary N) is 2. The molecule has 3 aromatic heterocycles.